The summed E-state index contributed by atoms with van der Waals surface area (Å²) in [6.07, 6.45) is 4.24. The summed E-state index contributed by atoms with van der Waals surface area (Å²) in [5.41, 5.74) is 0.550. The molecule has 11 heavy (non-hydrogen) atoms. The van der Waals surface area contributed by atoms with E-state index < -0.39 is 0 Å². The van der Waals surface area contributed by atoms with Crippen LogP contribution in [0.5, 0.6) is 5.75 Å². The fourth-order valence-corrected chi connectivity index (χ4v) is 0.645. The third kappa shape index (κ3) is 2.01. The van der Waals surface area contributed by atoms with Gasteiger partial charge in [-0.15, -0.1) is 0 Å². The third-order valence-corrected chi connectivity index (χ3v) is 1.14. The summed E-state index contributed by atoms with van der Waals surface area (Å²) < 4.78 is 0. The highest BCUT2D eigenvalue weighted by Crippen LogP contribution is 2.10. The molecule has 0 fully saturated rings. The zero-order chi connectivity index (χ0) is 8.10. The van der Waals surface area contributed by atoms with E-state index in [1.807, 2.05) is 0 Å². The molecular formula is C7H8N2O2. The number of hydrogen-bond acceptors (Lipinski definition) is 4. The molecule has 0 bridgehead atoms. The van der Waals surface area contributed by atoms with E-state index in [0.29, 0.717) is 5.56 Å². The minimum atomic E-state index is -0.276. The molecule has 0 unspecified atom stereocenters. The van der Waals surface area contributed by atoms with Crippen molar-refractivity contribution in [2.75, 3.05) is 6.73 Å². The number of aromatic nitrogens is 1. The minimum absolute atomic E-state index is 0.0599. The highest BCUT2D eigenvalue weighted by atomic mass is 16.3. The van der Waals surface area contributed by atoms with Crippen LogP contribution < -0.4 is 0 Å². The van der Waals surface area contributed by atoms with Crippen molar-refractivity contribution in [3.8, 4) is 5.75 Å². The van der Waals surface area contributed by atoms with Gasteiger partial charge in [-0.3, -0.25) is 9.98 Å². The van der Waals surface area contributed by atoms with Crippen molar-refractivity contribution in [2.24, 2.45) is 4.99 Å². The Labute approximate surface area is 63.9 Å². The predicted octanol–water partition coefficient (Wildman–Crippen LogP) is 0.156. The first kappa shape index (κ1) is 7.68. The second-order valence-electron chi connectivity index (χ2n) is 1.89. The number of aliphatic imine (C=N–C) groups is 1. The molecule has 0 atom stereocenters. The molecule has 1 aromatic heterocycles. The molecule has 1 heterocycles. The van der Waals surface area contributed by atoms with Gasteiger partial charge in [0.2, 0.25) is 0 Å². The molecule has 1 aromatic rings. The Kier molecular flexibility index (Phi) is 2.57. The van der Waals surface area contributed by atoms with Crippen LogP contribution >= 0.6 is 0 Å². The molecule has 4 nitrogen and oxygen atoms in total. The van der Waals surface area contributed by atoms with Gasteiger partial charge in [-0.25, -0.2) is 0 Å². The van der Waals surface area contributed by atoms with Gasteiger partial charge in [-0.1, -0.05) is 0 Å². The first-order valence-electron chi connectivity index (χ1n) is 3.08. The quantitative estimate of drug-likeness (QED) is 0.593. The maximum absolute atomic E-state index is 9.10. The Morgan fingerprint density at radius 3 is 3.09 bits per heavy atom. The molecule has 0 spiro atoms. The number of pyridine rings is 1. The van der Waals surface area contributed by atoms with Crippen LogP contribution in [-0.2, 0) is 0 Å². The molecule has 0 amide bonds. The van der Waals surface area contributed by atoms with Crippen molar-refractivity contribution in [1.29, 1.82) is 0 Å². The highest BCUT2D eigenvalue weighted by molar-refractivity contribution is 5.82. The fourth-order valence-electron chi connectivity index (χ4n) is 0.645. The Hall–Kier alpha value is -1.42. The zero-order valence-corrected chi connectivity index (χ0v) is 5.81. The second kappa shape index (κ2) is 3.68. The van der Waals surface area contributed by atoms with Gasteiger partial charge in [-0.05, 0) is 6.07 Å². The molecule has 0 saturated heterocycles. The molecule has 2 N–H and O–H groups in total. The van der Waals surface area contributed by atoms with Gasteiger partial charge in [0.1, 0.15) is 12.5 Å². The molecule has 0 aliphatic heterocycles. The lowest BCUT2D eigenvalue weighted by atomic mass is 10.3. The SMILES string of the molecule is OC/N=C/c1ccncc1O. The topological polar surface area (TPSA) is 65.7 Å². The summed E-state index contributed by atoms with van der Waals surface area (Å²) in [5, 5.41) is 17.4. The van der Waals surface area contributed by atoms with Crippen LogP contribution in [0.3, 0.4) is 0 Å². The standard InChI is InChI=1S/C7H8N2O2/c10-5-9-3-6-1-2-8-4-7(6)11/h1-4,10-11H,5H2/b9-3+. The van der Waals surface area contributed by atoms with E-state index in [4.69, 9.17) is 10.2 Å². The summed E-state index contributed by atoms with van der Waals surface area (Å²) in [5.74, 6) is 0.0599. The van der Waals surface area contributed by atoms with E-state index in [2.05, 4.69) is 9.98 Å². The average molecular weight is 152 g/mol. The summed E-state index contributed by atoms with van der Waals surface area (Å²) in [6, 6.07) is 1.61. The van der Waals surface area contributed by atoms with Crippen LogP contribution in [0.15, 0.2) is 23.5 Å². The number of aromatic hydroxyl groups is 1. The van der Waals surface area contributed by atoms with Crippen LogP contribution in [0.25, 0.3) is 0 Å². The van der Waals surface area contributed by atoms with E-state index >= 15 is 0 Å². The monoisotopic (exact) mass is 152 g/mol. The number of aliphatic hydroxyl groups excluding tert-OH is 1. The van der Waals surface area contributed by atoms with E-state index in [1.165, 1.54) is 12.4 Å². The van der Waals surface area contributed by atoms with Gasteiger partial charge in [0.05, 0.1) is 6.20 Å². The summed E-state index contributed by atoms with van der Waals surface area (Å²) in [6.45, 7) is -0.276. The van der Waals surface area contributed by atoms with E-state index in [9.17, 15) is 0 Å². The largest absolute Gasteiger partial charge is 0.506 e. The Morgan fingerprint density at radius 2 is 2.45 bits per heavy atom. The first-order chi connectivity index (χ1) is 5.34. The molecular weight excluding hydrogens is 144 g/mol. The van der Waals surface area contributed by atoms with Crippen LogP contribution in [0.2, 0.25) is 0 Å². The van der Waals surface area contributed by atoms with E-state index in [0.717, 1.165) is 0 Å². The van der Waals surface area contributed by atoms with E-state index in [-0.39, 0.29) is 12.5 Å². The van der Waals surface area contributed by atoms with E-state index in [1.54, 1.807) is 12.3 Å². The number of nitrogens with zero attached hydrogens (tertiary/aromatic N) is 2. The van der Waals surface area contributed by atoms with Crippen molar-refractivity contribution < 1.29 is 10.2 Å². The van der Waals surface area contributed by atoms with Crippen LogP contribution in [0.1, 0.15) is 5.56 Å². The van der Waals surface area contributed by atoms with Gasteiger partial charge >= 0.3 is 0 Å². The third-order valence-electron chi connectivity index (χ3n) is 1.14. The van der Waals surface area contributed by atoms with Crippen LogP contribution in [-0.4, -0.2) is 28.1 Å². The number of hydrogen-bond donors (Lipinski definition) is 2. The summed E-state index contributed by atoms with van der Waals surface area (Å²) in [4.78, 5) is 7.22. The van der Waals surface area contributed by atoms with Crippen molar-refractivity contribution in [3.05, 3.63) is 24.0 Å². The molecule has 4 heteroatoms. The molecule has 0 aromatic carbocycles. The average Bonchev–Trinajstić information content (AvgIpc) is 2.03. The second-order valence-corrected chi connectivity index (χ2v) is 1.89. The zero-order valence-electron chi connectivity index (χ0n) is 5.81. The number of rotatable bonds is 2. The normalized spacial score (nSPS) is 10.6. The maximum Gasteiger partial charge on any atom is 0.142 e. The lowest BCUT2D eigenvalue weighted by molar-refractivity contribution is 0.310. The minimum Gasteiger partial charge on any atom is -0.506 e. The molecule has 1 rings (SSSR count). The van der Waals surface area contributed by atoms with Gasteiger partial charge in [0, 0.05) is 18.0 Å². The van der Waals surface area contributed by atoms with Crippen molar-refractivity contribution in [1.82, 2.24) is 4.98 Å². The Balaban J connectivity index is 2.86. The lowest BCUT2D eigenvalue weighted by Crippen LogP contribution is -1.84. The summed E-state index contributed by atoms with van der Waals surface area (Å²) in [7, 11) is 0. The van der Waals surface area contributed by atoms with Crippen molar-refractivity contribution >= 4 is 6.21 Å². The first-order valence-corrected chi connectivity index (χ1v) is 3.08. The molecule has 0 saturated carbocycles. The van der Waals surface area contributed by atoms with Gasteiger partial charge in [0.25, 0.3) is 0 Å². The Morgan fingerprint density at radius 1 is 1.64 bits per heavy atom. The predicted molar refractivity (Wildman–Crippen MR) is 40.6 cm³/mol. The fraction of sp³-hybridized carbons (Fsp3) is 0.143. The maximum atomic E-state index is 9.10. The van der Waals surface area contributed by atoms with Gasteiger partial charge in [-0.2, -0.15) is 0 Å². The smallest absolute Gasteiger partial charge is 0.142 e. The highest BCUT2D eigenvalue weighted by Gasteiger charge is 1.93. The number of aliphatic hydroxyl groups is 1. The van der Waals surface area contributed by atoms with Crippen molar-refractivity contribution in [2.45, 2.75) is 0 Å². The van der Waals surface area contributed by atoms with Crippen LogP contribution in [0.4, 0.5) is 0 Å². The molecule has 0 aliphatic carbocycles. The van der Waals surface area contributed by atoms with Crippen LogP contribution in [0, 0.1) is 0 Å². The lowest BCUT2D eigenvalue weighted by Gasteiger charge is -1.94. The van der Waals surface area contributed by atoms with Gasteiger partial charge in [0.15, 0.2) is 0 Å². The molecule has 0 radical (unpaired) electrons. The van der Waals surface area contributed by atoms with Crippen molar-refractivity contribution in [3.63, 3.8) is 0 Å². The molecule has 58 valence electrons. The summed E-state index contributed by atoms with van der Waals surface area (Å²) >= 11 is 0. The molecule has 0 aliphatic rings. The van der Waals surface area contributed by atoms with Gasteiger partial charge < -0.3 is 10.2 Å². The Bertz CT molecular complexity index is 260.